The lowest BCUT2D eigenvalue weighted by Crippen LogP contribution is -2.14. The number of aromatic amines is 1. The Labute approximate surface area is 302 Å². The quantitative estimate of drug-likeness (QED) is 0.0718. The Morgan fingerprint density at radius 1 is 0.698 bits per heavy atom. The molecular weight excluding hydrogens is 672 g/mol. The third kappa shape index (κ3) is 5.53. The second kappa shape index (κ2) is 12.8. The second-order valence-electron chi connectivity index (χ2n) is 12.8. The van der Waals surface area contributed by atoms with Crippen molar-refractivity contribution in [2.24, 2.45) is 0 Å². The number of ketones is 1. The van der Waals surface area contributed by atoms with E-state index in [1.807, 2.05) is 10.6 Å². The number of aromatic nitrogens is 2. The third-order valence-corrected chi connectivity index (χ3v) is 9.68. The normalized spacial score (nSPS) is 12.7. The zero-order valence-electron chi connectivity index (χ0n) is 28.3. The van der Waals surface area contributed by atoms with Gasteiger partial charge in [0.2, 0.25) is 0 Å². The first kappa shape index (κ1) is 33.0. The maximum absolute atomic E-state index is 14.2. The Kier molecular flexibility index (Phi) is 7.99. The highest BCUT2D eigenvalue weighted by Gasteiger charge is 2.33. The van der Waals surface area contributed by atoms with Gasteiger partial charge in [0.25, 0.3) is 0 Å². The molecule has 262 valence electrons. The number of carbonyl (C=O) groups is 2. The van der Waals surface area contributed by atoms with E-state index in [4.69, 9.17) is 4.74 Å². The number of hydrogen-bond donors (Lipinski definition) is 6. The van der Waals surface area contributed by atoms with Gasteiger partial charge in [0.15, 0.2) is 5.78 Å². The number of H-pyrrole nitrogens is 1. The number of carbonyl (C=O) groups excluding carboxylic acids is 2. The molecule has 8 rings (SSSR count). The minimum Gasteiger partial charge on any atom is -0.508 e. The minimum absolute atomic E-state index is 0.0254. The summed E-state index contributed by atoms with van der Waals surface area (Å²) in [5, 5.41) is 55.9. The topological polar surface area (TPSA) is 165 Å². The average Bonchev–Trinajstić information content (AvgIpc) is 3.71. The Morgan fingerprint density at radius 3 is 1.89 bits per heavy atom. The zero-order chi connectivity index (χ0) is 37.0. The van der Waals surface area contributed by atoms with Gasteiger partial charge >= 0.3 is 5.97 Å². The summed E-state index contributed by atoms with van der Waals surface area (Å²) in [7, 11) is 1.28. The summed E-state index contributed by atoms with van der Waals surface area (Å²) in [5.41, 5.74) is 5.21. The molecule has 1 aliphatic carbocycles. The van der Waals surface area contributed by atoms with Gasteiger partial charge in [0, 0.05) is 28.3 Å². The molecule has 0 bridgehead atoms. The van der Waals surface area contributed by atoms with Crippen LogP contribution in [0.1, 0.15) is 11.3 Å². The first-order chi connectivity index (χ1) is 25.6. The first-order valence-corrected chi connectivity index (χ1v) is 16.8. The van der Waals surface area contributed by atoms with Crippen molar-refractivity contribution in [2.75, 3.05) is 7.11 Å². The summed E-state index contributed by atoms with van der Waals surface area (Å²) in [6.07, 6.45) is 6.29. The molecule has 0 atom stereocenters. The fourth-order valence-corrected chi connectivity index (χ4v) is 7.27. The predicted octanol–water partition coefficient (Wildman–Crippen LogP) is 8.00. The molecule has 2 aromatic heterocycles. The van der Waals surface area contributed by atoms with E-state index >= 15 is 0 Å². The number of hydrogen-bond acceptors (Lipinski definition) is 8. The van der Waals surface area contributed by atoms with E-state index in [1.54, 1.807) is 84.9 Å². The number of benzene rings is 5. The first-order valence-electron chi connectivity index (χ1n) is 16.8. The number of nitrogens with one attached hydrogen (secondary N) is 1. The van der Waals surface area contributed by atoms with E-state index in [0.29, 0.717) is 72.7 Å². The summed E-state index contributed by atoms with van der Waals surface area (Å²) in [5.74, 6) is -0.920. The number of esters is 1. The number of aryl methyl sites for hydroxylation is 2. The van der Waals surface area contributed by atoms with Gasteiger partial charge in [-0.15, -0.1) is 0 Å². The van der Waals surface area contributed by atoms with Crippen molar-refractivity contribution in [3.63, 3.8) is 0 Å². The fourth-order valence-electron chi connectivity index (χ4n) is 7.27. The zero-order valence-corrected chi connectivity index (χ0v) is 28.3. The molecule has 10 nitrogen and oxygen atoms in total. The number of rotatable bonds is 7. The lowest BCUT2D eigenvalue weighted by molar-refractivity contribution is -0.133. The van der Waals surface area contributed by atoms with Gasteiger partial charge in [-0.1, -0.05) is 60.7 Å². The fraction of sp³-hybridized carbons (Fsp3) is 0.0698. The van der Waals surface area contributed by atoms with Crippen LogP contribution >= 0.6 is 0 Å². The molecule has 0 amide bonds. The van der Waals surface area contributed by atoms with E-state index < -0.39 is 5.97 Å². The number of phenols is 5. The van der Waals surface area contributed by atoms with Crippen molar-refractivity contribution in [3.8, 4) is 51.0 Å². The summed E-state index contributed by atoms with van der Waals surface area (Å²) < 4.78 is 7.40. The Morgan fingerprint density at radius 2 is 1.28 bits per heavy atom. The molecule has 2 heterocycles. The number of nitrogens with zero attached hydrogens (tertiary/aromatic N) is 1. The number of phenolic OH excluding ortho intramolecular Hbond substituents is 5. The second-order valence-corrected chi connectivity index (χ2v) is 12.8. The molecular formula is C43H32N2O8. The summed E-state index contributed by atoms with van der Waals surface area (Å²) in [6, 6.07) is 24.9. The lowest BCUT2D eigenvalue weighted by atomic mass is 9.91. The van der Waals surface area contributed by atoms with Crippen molar-refractivity contribution < 1.29 is 39.9 Å². The van der Waals surface area contributed by atoms with Gasteiger partial charge < -0.3 is 39.8 Å². The standard InChI is InChI=1S/C43H32N2O8/c1-53-43(52)35(26-11-19-30(49)20-12-26)40-33(24-7-15-28(47)16-8-24)37-36-31-3-2-4-32(50)38(31)44-39(36)42(51)34(25-9-17-29(48)18-10-25)41(37)45(40)22-21-23-5-13-27(46)14-6-23/h2-20,44,46-48,50-51H,21-22H2,1H3. The maximum Gasteiger partial charge on any atom is 0.340 e. The van der Waals surface area contributed by atoms with Crippen molar-refractivity contribution in [1.82, 2.24) is 9.55 Å². The molecule has 10 heteroatoms. The van der Waals surface area contributed by atoms with Crippen molar-refractivity contribution in [3.05, 3.63) is 132 Å². The Bertz CT molecular complexity index is 2690. The van der Waals surface area contributed by atoms with Gasteiger partial charge in [-0.3, -0.25) is 4.79 Å². The number of para-hydroxylation sites is 1. The molecule has 0 radical (unpaired) electrons. The molecule has 0 aliphatic heterocycles. The van der Waals surface area contributed by atoms with E-state index in [9.17, 15) is 35.1 Å². The van der Waals surface area contributed by atoms with Crippen LogP contribution < -0.4 is 0 Å². The molecule has 6 N–H and O–H groups in total. The molecule has 0 saturated heterocycles. The van der Waals surface area contributed by atoms with Crippen molar-refractivity contribution in [1.29, 1.82) is 0 Å². The average molecular weight is 705 g/mol. The monoisotopic (exact) mass is 704 g/mol. The van der Waals surface area contributed by atoms with E-state index in [0.717, 1.165) is 5.56 Å². The van der Waals surface area contributed by atoms with Crippen molar-refractivity contribution in [2.45, 2.75) is 13.0 Å². The van der Waals surface area contributed by atoms with Crippen LogP contribution in [0.4, 0.5) is 0 Å². The summed E-state index contributed by atoms with van der Waals surface area (Å²) in [4.78, 5) is 29.7. The summed E-state index contributed by atoms with van der Waals surface area (Å²) in [6.45, 7) is 0.248. The number of aromatic hydroxyl groups is 5. The molecule has 5 aromatic carbocycles. The highest BCUT2D eigenvalue weighted by molar-refractivity contribution is 6.32. The van der Waals surface area contributed by atoms with E-state index in [2.05, 4.69) is 4.98 Å². The van der Waals surface area contributed by atoms with Crippen LogP contribution in [0.25, 0.3) is 60.5 Å². The molecule has 53 heavy (non-hydrogen) atoms. The van der Waals surface area contributed by atoms with E-state index in [1.165, 1.54) is 31.4 Å². The van der Waals surface area contributed by atoms with Crippen LogP contribution in [0.5, 0.6) is 28.7 Å². The molecule has 0 unspecified atom stereocenters. The smallest absolute Gasteiger partial charge is 0.340 e. The molecule has 0 fully saturated rings. The largest absolute Gasteiger partial charge is 0.508 e. The van der Waals surface area contributed by atoms with Gasteiger partial charge in [-0.05, 0) is 83.3 Å². The highest BCUT2D eigenvalue weighted by atomic mass is 16.5. The van der Waals surface area contributed by atoms with Crippen LogP contribution in [-0.4, -0.2) is 53.9 Å². The summed E-state index contributed by atoms with van der Waals surface area (Å²) >= 11 is 0. The third-order valence-electron chi connectivity index (χ3n) is 9.68. The number of fused-ring (bicyclic) bond motifs is 5. The molecule has 0 saturated carbocycles. The number of allylic oxidation sites excluding steroid dienone is 5. The van der Waals surface area contributed by atoms with Gasteiger partial charge in [-0.25, -0.2) is 4.79 Å². The minimum atomic E-state index is -0.680. The predicted molar refractivity (Wildman–Crippen MR) is 203 cm³/mol. The molecule has 0 spiro atoms. The lowest BCUT2D eigenvalue weighted by Gasteiger charge is -2.18. The Balaban J connectivity index is 1.65. The van der Waals surface area contributed by atoms with Crippen LogP contribution in [0.2, 0.25) is 0 Å². The van der Waals surface area contributed by atoms with Crippen molar-refractivity contribution >= 4 is 50.0 Å². The van der Waals surface area contributed by atoms with Gasteiger partial charge in [0.05, 0.1) is 40.5 Å². The Hall–Kier alpha value is -7.20. The highest BCUT2D eigenvalue weighted by Crippen LogP contribution is 2.53. The number of ether oxygens (including phenoxy) is 1. The van der Waals surface area contributed by atoms with Crippen LogP contribution in [-0.2, 0) is 27.3 Å². The van der Waals surface area contributed by atoms with E-state index in [-0.39, 0.29) is 46.6 Å². The van der Waals surface area contributed by atoms with Crippen LogP contribution in [0, 0.1) is 0 Å². The SMILES string of the molecule is COC(=O)C(=C1C=CC(=O)C=C1)c1c(-c2ccc(O)cc2)c2c3c([nH]c4c(O)cccc43)c(O)c(-c3ccc(O)cc3)c2n1CCc1ccc(O)cc1. The molecule has 7 aromatic rings. The maximum atomic E-state index is 14.2. The van der Waals surface area contributed by atoms with Crippen LogP contribution in [0.3, 0.4) is 0 Å². The van der Waals surface area contributed by atoms with Crippen LogP contribution in [0.15, 0.2) is 121 Å². The van der Waals surface area contributed by atoms with Gasteiger partial charge in [0.1, 0.15) is 28.7 Å². The van der Waals surface area contributed by atoms with Gasteiger partial charge in [-0.2, -0.15) is 0 Å². The number of methoxy groups -OCH3 is 1. The molecule has 1 aliphatic rings.